The van der Waals surface area contributed by atoms with Gasteiger partial charge in [-0.25, -0.2) is 0 Å². The molecule has 2 nitrogen and oxygen atoms in total. The molecule has 0 radical (unpaired) electrons. The van der Waals surface area contributed by atoms with Gasteiger partial charge in [-0.05, 0) is 11.5 Å². The van der Waals surface area contributed by atoms with Crippen LogP contribution in [0.25, 0.3) is 0 Å². The van der Waals surface area contributed by atoms with Gasteiger partial charge in [0.15, 0.2) is 0 Å². The molecule has 0 spiro atoms. The first-order valence-corrected chi connectivity index (χ1v) is 5.00. The highest BCUT2D eigenvalue weighted by Gasteiger charge is 1.85. The van der Waals surface area contributed by atoms with E-state index in [-0.39, 0.29) is 0 Å². The SMILES string of the molecule is C1=CSSC1.C=CC(N)=O. The lowest BCUT2D eigenvalue weighted by atomic mass is 10.6. The fourth-order valence-electron chi connectivity index (χ4n) is 0.196. The van der Waals surface area contributed by atoms with E-state index in [4.69, 9.17) is 0 Å². The predicted molar refractivity (Wildman–Crippen MR) is 48.6 cm³/mol. The maximum absolute atomic E-state index is 9.47. The van der Waals surface area contributed by atoms with Gasteiger partial charge in [-0.2, -0.15) is 0 Å². The van der Waals surface area contributed by atoms with E-state index in [1.54, 1.807) is 0 Å². The van der Waals surface area contributed by atoms with Crippen molar-refractivity contribution in [3.05, 3.63) is 24.1 Å². The molecule has 0 aromatic heterocycles. The third-order valence-electron chi connectivity index (χ3n) is 0.585. The first-order valence-electron chi connectivity index (χ1n) is 2.62. The summed E-state index contributed by atoms with van der Waals surface area (Å²) in [6, 6.07) is 0. The zero-order valence-electron chi connectivity index (χ0n) is 5.45. The van der Waals surface area contributed by atoms with Crippen LogP contribution >= 0.6 is 21.6 Å². The van der Waals surface area contributed by atoms with Crippen molar-refractivity contribution in [2.45, 2.75) is 0 Å². The summed E-state index contributed by atoms with van der Waals surface area (Å²) in [6.45, 7) is 3.09. The van der Waals surface area contributed by atoms with Crippen LogP contribution in [0.1, 0.15) is 0 Å². The molecule has 1 amide bonds. The van der Waals surface area contributed by atoms with Crippen LogP contribution in [0.4, 0.5) is 0 Å². The Morgan fingerprint density at radius 3 is 2.50 bits per heavy atom. The zero-order chi connectivity index (χ0) is 7.82. The molecule has 0 fully saturated rings. The fraction of sp³-hybridized carbons (Fsp3) is 0.167. The van der Waals surface area contributed by atoms with Gasteiger partial charge in [0.1, 0.15) is 0 Å². The summed E-state index contributed by atoms with van der Waals surface area (Å²) in [5.74, 6) is 0.718. The highest BCUT2D eigenvalue weighted by atomic mass is 33.1. The molecule has 0 atom stereocenters. The minimum Gasteiger partial charge on any atom is -0.366 e. The topological polar surface area (TPSA) is 43.1 Å². The lowest BCUT2D eigenvalue weighted by Gasteiger charge is -1.69. The second-order valence-electron chi connectivity index (χ2n) is 1.36. The Morgan fingerprint density at radius 2 is 2.40 bits per heavy atom. The zero-order valence-corrected chi connectivity index (χ0v) is 7.08. The largest absolute Gasteiger partial charge is 0.366 e. The minimum atomic E-state index is -0.481. The molecule has 0 saturated carbocycles. The van der Waals surface area contributed by atoms with Gasteiger partial charge in [0.05, 0.1) is 0 Å². The molecule has 56 valence electrons. The first kappa shape index (κ1) is 9.65. The van der Waals surface area contributed by atoms with Crippen molar-refractivity contribution < 1.29 is 4.79 Å². The van der Waals surface area contributed by atoms with Gasteiger partial charge in [-0.1, -0.05) is 34.2 Å². The molecular formula is C6H9NOS2. The smallest absolute Gasteiger partial charge is 0.240 e. The normalized spacial score (nSPS) is 13.6. The van der Waals surface area contributed by atoms with Crippen LogP contribution in [-0.2, 0) is 4.79 Å². The second-order valence-corrected chi connectivity index (χ2v) is 3.68. The van der Waals surface area contributed by atoms with Crippen LogP contribution in [0.5, 0.6) is 0 Å². The highest BCUT2D eigenvalue weighted by molar-refractivity contribution is 8.78. The van der Waals surface area contributed by atoms with E-state index in [2.05, 4.69) is 23.8 Å². The standard InChI is InChI=1S/C3H5NO.C3H4S2/c1-2-3(4)5;1-2-4-5-3-1/h2H,1H2,(H2,4,5);1-2H,3H2. The van der Waals surface area contributed by atoms with E-state index in [0.29, 0.717) is 0 Å². The summed E-state index contributed by atoms with van der Waals surface area (Å²) >= 11 is 0. The maximum atomic E-state index is 9.47. The number of carbonyl (C=O) groups excluding carboxylic acids is 1. The molecule has 0 aromatic rings. The lowest BCUT2D eigenvalue weighted by molar-refractivity contribution is -0.113. The molecule has 0 aromatic carbocycles. The summed E-state index contributed by atoms with van der Waals surface area (Å²) in [6.07, 6.45) is 3.22. The summed E-state index contributed by atoms with van der Waals surface area (Å²) in [5.41, 5.74) is 4.53. The molecule has 0 saturated heterocycles. The van der Waals surface area contributed by atoms with Gasteiger partial charge >= 0.3 is 0 Å². The number of amides is 1. The third-order valence-corrected chi connectivity index (χ3v) is 2.50. The van der Waals surface area contributed by atoms with Gasteiger partial charge in [0.2, 0.25) is 5.91 Å². The van der Waals surface area contributed by atoms with Crippen molar-refractivity contribution in [3.63, 3.8) is 0 Å². The molecule has 0 bridgehead atoms. The molecule has 1 rings (SSSR count). The Hall–Kier alpha value is -0.350. The molecule has 4 heteroatoms. The van der Waals surface area contributed by atoms with Gasteiger partial charge in [0.25, 0.3) is 0 Å². The number of nitrogens with two attached hydrogens (primary N) is 1. The van der Waals surface area contributed by atoms with Gasteiger partial charge in [-0.15, -0.1) is 0 Å². The van der Waals surface area contributed by atoms with Crippen LogP contribution in [-0.4, -0.2) is 11.7 Å². The van der Waals surface area contributed by atoms with E-state index in [1.807, 2.05) is 21.6 Å². The van der Waals surface area contributed by atoms with E-state index in [1.165, 1.54) is 5.75 Å². The van der Waals surface area contributed by atoms with Crippen molar-refractivity contribution in [2.24, 2.45) is 5.73 Å². The quantitative estimate of drug-likeness (QED) is 0.486. The monoisotopic (exact) mass is 175 g/mol. The summed E-state index contributed by atoms with van der Waals surface area (Å²) in [4.78, 5) is 9.47. The van der Waals surface area contributed by atoms with Crippen LogP contribution in [0, 0.1) is 0 Å². The number of carbonyl (C=O) groups is 1. The van der Waals surface area contributed by atoms with Crippen LogP contribution < -0.4 is 5.73 Å². The molecule has 2 N–H and O–H groups in total. The van der Waals surface area contributed by atoms with Crippen LogP contribution in [0.2, 0.25) is 0 Å². The summed E-state index contributed by atoms with van der Waals surface area (Å²) in [7, 11) is 3.69. The number of rotatable bonds is 1. The molecule has 10 heavy (non-hydrogen) atoms. The Labute approximate surface area is 68.3 Å². The molecule has 1 aliphatic rings. The van der Waals surface area contributed by atoms with E-state index >= 15 is 0 Å². The molecule has 1 aliphatic heterocycles. The van der Waals surface area contributed by atoms with E-state index in [0.717, 1.165) is 6.08 Å². The Balaban J connectivity index is 0.000000162. The van der Waals surface area contributed by atoms with Crippen molar-refractivity contribution in [1.82, 2.24) is 0 Å². The minimum absolute atomic E-state index is 0.481. The first-order chi connectivity index (χ1) is 4.77. The third kappa shape index (κ3) is 7.65. The number of hydrogen-bond donors (Lipinski definition) is 1. The van der Waals surface area contributed by atoms with Crippen molar-refractivity contribution in [1.29, 1.82) is 0 Å². The van der Waals surface area contributed by atoms with Crippen LogP contribution in [0.3, 0.4) is 0 Å². The lowest BCUT2D eigenvalue weighted by Crippen LogP contribution is -2.04. The number of hydrogen-bond acceptors (Lipinski definition) is 3. The van der Waals surface area contributed by atoms with Crippen LogP contribution in [0.15, 0.2) is 24.1 Å². The Kier molecular flexibility index (Phi) is 6.53. The molecule has 0 aliphatic carbocycles. The van der Waals surface area contributed by atoms with Crippen molar-refractivity contribution >= 4 is 27.5 Å². The molecular weight excluding hydrogens is 166 g/mol. The Bertz CT molecular complexity index is 139. The maximum Gasteiger partial charge on any atom is 0.240 e. The Morgan fingerprint density at radius 1 is 1.80 bits per heavy atom. The van der Waals surface area contributed by atoms with Crippen molar-refractivity contribution in [2.75, 3.05) is 5.75 Å². The fourth-order valence-corrected chi connectivity index (χ4v) is 1.77. The average molecular weight is 175 g/mol. The van der Waals surface area contributed by atoms with Gasteiger partial charge < -0.3 is 5.73 Å². The summed E-state index contributed by atoms with van der Waals surface area (Å²) < 4.78 is 0. The van der Waals surface area contributed by atoms with E-state index < -0.39 is 5.91 Å². The highest BCUT2D eigenvalue weighted by Crippen LogP contribution is 2.27. The molecule has 1 heterocycles. The van der Waals surface area contributed by atoms with Crippen molar-refractivity contribution in [3.8, 4) is 0 Å². The number of primary amides is 1. The molecule has 0 unspecified atom stereocenters. The second kappa shape index (κ2) is 6.77. The van der Waals surface area contributed by atoms with Gasteiger partial charge in [0, 0.05) is 5.75 Å². The van der Waals surface area contributed by atoms with Gasteiger partial charge in [-0.3, -0.25) is 4.79 Å². The average Bonchev–Trinajstić information content (AvgIpc) is 2.43. The predicted octanol–water partition coefficient (Wildman–Crippen LogP) is 1.55. The van der Waals surface area contributed by atoms with E-state index in [9.17, 15) is 4.79 Å². The summed E-state index contributed by atoms with van der Waals surface area (Å²) in [5, 5.41) is 2.12.